The van der Waals surface area contributed by atoms with Crippen molar-refractivity contribution in [3.63, 3.8) is 0 Å². The highest BCUT2D eigenvalue weighted by Gasteiger charge is 2.21. The molecule has 0 radical (unpaired) electrons. The molecule has 0 aliphatic rings. The summed E-state index contributed by atoms with van der Waals surface area (Å²) in [5.74, 6) is -1.69. The van der Waals surface area contributed by atoms with Crippen LogP contribution >= 0.6 is 15.9 Å². The van der Waals surface area contributed by atoms with Crippen molar-refractivity contribution < 1.29 is 14.3 Å². The summed E-state index contributed by atoms with van der Waals surface area (Å²) < 4.78 is 13.2. The molecule has 76 valence electrons. The van der Waals surface area contributed by atoms with Crippen molar-refractivity contribution in [2.75, 3.05) is 0 Å². The van der Waals surface area contributed by atoms with Crippen LogP contribution in [0.3, 0.4) is 0 Å². The number of benzene rings is 1. The van der Waals surface area contributed by atoms with Crippen molar-refractivity contribution in [1.29, 1.82) is 0 Å². The molecule has 0 aromatic heterocycles. The lowest BCUT2D eigenvalue weighted by Gasteiger charge is -2.12. The molecule has 5 heteroatoms. The first-order chi connectivity index (χ1) is 6.45. The number of nitrogens with two attached hydrogens (primary N) is 1. The Kier molecular flexibility index (Phi) is 3.23. The van der Waals surface area contributed by atoms with Gasteiger partial charge in [0.2, 0.25) is 0 Å². The van der Waals surface area contributed by atoms with Gasteiger partial charge in [0.1, 0.15) is 11.9 Å². The van der Waals surface area contributed by atoms with Crippen LogP contribution in [0.4, 0.5) is 4.39 Å². The standard InChI is InChI=1S/C9H9BrFNO2/c1-4-2-3-5(11)7(10)6(4)8(12)9(13)14/h2-3,8H,12H2,1H3,(H,13,14). The molecular weight excluding hydrogens is 253 g/mol. The Hall–Kier alpha value is -0.940. The summed E-state index contributed by atoms with van der Waals surface area (Å²) in [6, 6.07) is 1.55. The maximum absolute atomic E-state index is 13.1. The van der Waals surface area contributed by atoms with Gasteiger partial charge in [0.15, 0.2) is 0 Å². The van der Waals surface area contributed by atoms with E-state index in [1.165, 1.54) is 12.1 Å². The minimum absolute atomic E-state index is 0.118. The molecule has 0 heterocycles. The van der Waals surface area contributed by atoms with Crippen LogP contribution in [0.2, 0.25) is 0 Å². The van der Waals surface area contributed by atoms with Gasteiger partial charge in [0.05, 0.1) is 4.47 Å². The number of carbonyl (C=O) groups is 1. The molecule has 0 bridgehead atoms. The Balaban J connectivity index is 3.32. The summed E-state index contributed by atoms with van der Waals surface area (Å²) >= 11 is 2.98. The van der Waals surface area contributed by atoms with Crippen LogP contribution in [0.5, 0.6) is 0 Å². The molecule has 1 rings (SSSR count). The minimum Gasteiger partial charge on any atom is -0.480 e. The van der Waals surface area contributed by atoms with Gasteiger partial charge in [0, 0.05) is 5.56 Å². The van der Waals surface area contributed by atoms with Crippen LogP contribution in [0.1, 0.15) is 17.2 Å². The molecule has 0 fully saturated rings. The van der Waals surface area contributed by atoms with Gasteiger partial charge in [-0.15, -0.1) is 0 Å². The number of hydrogen-bond donors (Lipinski definition) is 2. The zero-order chi connectivity index (χ0) is 10.9. The SMILES string of the molecule is Cc1ccc(F)c(Br)c1C(N)C(=O)O. The molecule has 1 unspecified atom stereocenters. The predicted octanol–water partition coefficient (Wildman–Crippen LogP) is 1.98. The molecule has 0 aliphatic carbocycles. The van der Waals surface area contributed by atoms with E-state index in [-0.39, 0.29) is 10.0 Å². The summed E-state index contributed by atoms with van der Waals surface area (Å²) in [4.78, 5) is 10.6. The van der Waals surface area contributed by atoms with Gasteiger partial charge in [-0.1, -0.05) is 6.07 Å². The Morgan fingerprint density at radius 2 is 2.21 bits per heavy atom. The fourth-order valence-electron chi connectivity index (χ4n) is 1.17. The second-order valence-corrected chi connectivity index (χ2v) is 3.70. The van der Waals surface area contributed by atoms with Crippen LogP contribution in [0, 0.1) is 12.7 Å². The van der Waals surface area contributed by atoms with Crippen molar-refractivity contribution in [3.8, 4) is 0 Å². The fraction of sp³-hybridized carbons (Fsp3) is 0.222. The van der Waals surface area contributed by atoms with E-state index in [0.717, 1.165) is 0 Å². The highest BCUT2D eigenvalue weighted by Crippen LogP contribution is 2.28. The Bertz CT molecular complexity index is 381. The van der Waals surface area contributed by atoms with Crippen LogP contribution in [0.25, 0.3) is 0 Å². The van der Waals surface area contributed by atoms with Crippen molar-refractivity contribution in [3.05, 3.63) is 33.5 Å². The van der Waals surface area contributed by atoms with Crippen LogP contribution in [0.15, 0.2) is 16.6 Å². The second-order valence-electron chi connectivity index (χ2n) is 2.91. The third kappa shape index (κ3) is 1.93. The molecule has 0 spiro atoms. The first-order valence-electron chi connectivity index (χ1n) is 3.88. The number of hydrogen-bond acceptors (Lipinski definition) is 2. The smallest absolute Gasteiger partial charge is 0.325 e. The molecular formula is C9H9BrFNO2. The molecule has 3 nitrogen and oxygen atoms in total. The van der Waals surface area contributed by atoms with Gasteiger partial charge >= 0.3 is 5.97 Å². The normalized spacial score (nSPS) is 12.6. The van der Waals surface area contributed by atoms with E-state index in [1.807, 2.05) is 0 Å². The molecule has 1 atom stereocenters. The molecule has 0 amide bonds. The lowest BCUT2D eigenvalue weighted by molar-refractivity contribution is -0.138. The van der Waals surface area contributed by atoms with Crippen molar-refractivity contribution in [2.24, 2.45) is 5.73 Å². The zero-order valence-electron chi connectivity index (χ0n) is 7.42. The van der Waals surface area contributed by atoms with Gasteiger partial charge in [-0.05, 0) is 34.5 Å². The van der Waals surface area contributed by atoms with Gasteiger partial charge in [-0.2, -0.15) is 0 Å². The summed E-state index contributed by atoms with van der Waals surface area (Å²) in [6.45, 7) is 1.68. The molecule has 0 saturated carbocycles. The Morgan fingerprint density at radius 3 is 2.71 bits per heavy atom. The first-order valence-corrected chi connectivity index (χ1v) is 4.67. The number of aryl methyl sites for hydroxylation is 1. The monoisotopic (exact) mass is 261 g/mol. The number of aliphatic carboxylic acids is 1. The lowest BCUT2D eigenvalue weighted by Crippen LogP contribution is -2.22. The van der Waals surface area contributed by atoms with E-state index < -0.39 is 17.8 Å². The second kappa shape index (κ2) is 4.06. The van der Waals surface area contributed by atoms with E-state index in [4.69, 9.17) is 10.8 Å². The van der Waals surface area contributed by atoms with E-state index in [0.29, 0.717) is 5.56 Å². The fourth-order valence-corrected chi connectivity index (χ4v) is 1.86. The summed E-state index contributed by atoms with van der Waals surface area (Å²) in [6.07, 6.45) is 0. The largest absolute Gasteiger partial charge is 0.480 e. The summed E-state index contributed by atoms with van der Waals surface area (Å²) in [5.41, 5.74) is 6.33. The zero-order valence-corrected chi connectivity index (χ0v) is 9.01. The van der Waals surface area contributed by atoms with E-state index in [9.17, 15) is 9.18 Å². The van der Waals surface area contributed by atoms with E-state index >= 15 is 0 Å². The first kappa shape index (κ1) is 11.1. The Morgan fingerprint density at radius 1 is 1.64 bits per heavy atom. The lowest BCUT2D eigenvalue weighted by atomic mass is 10.0. The van der Waals surface area contributed by atoms with E-state index in [1.54, 1.807) is 6.92 Å². The third-order valence-electron chi connectivity index (χ3n) is 1.93. The Labute approximate surface area is 88.9 Å². The number of halogens is 2. The maximum atomic E-state index is 13.1. The van der Waals surface area contributed by atoms with Crippen LogP contribution in [-0.4, -0.2) is 11.1 Å². The number of carboxylic acid groups (broad SMARTS) is 1. The quantitative estimate of drug-likeness (QED) is 0.856. The van der Waals surface area contributed by atoms with Crippen molar-refractivity contribution in [2.45, 2.75) is 13.0 Å². The van der Waals surface area contributed by atoms with Crippen molar-refractivity contribution >= 4 is 21.9 Å². The average Bonchev–Trinajstić information content (AvgIpc) is 2.12. The van der Waals surface area contributed by atoms with Gasteiger partial charge < -0.3 is 10.8 Å². The molecule has 3 N–H and O–H groups in total. The van der Waals surface area contributed by atoms with Gasteiger partial charge in [-0.3, -0.25) is 4.79 Å². The molecule has 1 aromatic carbocycles. The summed E-state index contributed by atoms with van der Waals surface area (Å²) in [5, 5.41) is 8.71. The minimum atomic E-state index is -1.21. The third-order valence-corrected chi connectivity index (χ3v) is 2.73. The van der Waals surface area contributed by atoms with E-state index in [2.05, 4.69) is 15.9 Å². The highest BCUT2D eigenvalue weighted by atomic mass is 79.9. The number of carboxylic acids is 1. The van der Waals surface area contributed by atoms with Crippen LogP contribution < -0.4 is 5.73 Å². The highest BCUT2D eigenvalue weighted by molar-refractivity contribution is 9.10. The topological polar surface area (TPSA) is 63.3 Å². The summed E-state index contributed by atoms with van der Waals surface area (Å²) in [7, 11) is 0. The molecule has 14 heavy (non-hydrogen) atoms. The molecule has 0 aliphatic heterocycles. The average molecular weight is 262 g/mol. The van der Waals surface area contributed by atoms with Crippen LogP contribution in [-0.2, 0) is 4.79 Å². The molecule has 0 saturated heterocycles. The maximum Gasteiger partial charge on any atom is 0.325 e. The van der Waals surface area contributed by atoms with Gasteiger partial charge in [0.25, 0.3) is 0 Å². The predicted molar refractivity (Wildman–Crippen MR) is 53.4 cm³/mol. The van der Waals surface area contributed by atoms with Gasteiger partial charge in [-0.25, -0.2) is 4.39 Å². The van der Waals surface area contributed by atoms with Crippen molar-refractivity contribution in [1.82, 2.24) is 0 Å². The number of rotatable bonds is 2. The molecule has 1 aromatic rings.